The first-order chi connectivity index (χ1) is 34.5. The fourth-order valence-corrected chi connectivity index (χ4v) is 8.17. The second-order valence-corrected chi connectivity index (χ2v) is 17.8. The summed E-state index contributed by atoms with van der Waals surface area (Å²) in [5, 5.41) is -0.0209. The van der Waals surface area contributed by atoms with E-state index in [2.05, 4.69) is 62.4 Å². The third kappa shape index (κ3) is 14.8. The van der Waals surface area contributed by atoms with Gasteiger partial charge in [-0.1, -0.05) is 150 Å². The lowest BCUT2D eigenvalue weighted by molar-refractivity contribution is 0.0720. The summed E-state index contributed by atoms with van der Waals surface area (Å²) in [5.74, 6) is -6.47. The molecule has 7 aromatic carbocycles. The van der Waals surface area contributed by atoms with Gasteiger partial charge in [0.05, 0.1) is 22.3 Å². The third-order valence-electron chi connectivity index (χ3n) is 12.0. The molecule has 0 aliphatic carbocycles. The Bertz CT molecular complexity index is 2740. The van der Waals surface area contributed by atoms with Gasteiger partial charge in [0.15, 0.2) is 0 Å². The van der Waals surface area contributed by atoms with E-state index in [4.69, 9.17) is 30.5 Å². The van der Waals surface area contributed by atoms with Crippen molar-refractivity contribution in [2.75, 3.05) is 0 Å². The lowest BCUT2D eigenvalue weighted by atomic mass is 10.00. The molecule has 0 amide bonds. The summed E-state index contributed by atoms with van der Waals surface area (Å²) in [5.41, 5.74) is 5.96. The molecule has 0 saturated carbocycles. The van der Waals surface area contributed by atoms with E-state index in [0.717, 1.165) is 78.3 Å². The highest BCUT2D eigenvalue weighted by Gasteiger charge is 2.21. The Morgan fingerprint density at radius 1 is 0.380 bits per heavy atom. The fourth-order valence-electron chi connectivity index (χ4n) is 7.95. The number of unbranched alkanes of at least 4 members (excludes halogenated alkanes) is 8. The van der Waals surface area contributed by atoms with Gasteiger partial charge in [-0.2, -0.15) is 0 Å². The van der Waals surface area contributed by atoms with E-state index in [1.54, 1.807) is 24.3 Å². The van der Waals surface area contributed by atoms with Crippen molar-refractivity contribution in [2.45, 2.75) is 90.9 Å². The van der Waals surface area contributed by atoms with Crippen LogP contribution >= 0.6 is 11.6 Å². The molecule has 0 bridgehead atoms. The van der Waals surface area contributed by atoms with E-state index >= 15 is 8.78 Å². The van der Waals surface area contributed by atoms with E-state index < -0.39 is 46.6 Å². The average Bonchev–Trinajstić information content (AvgIpc) is 3.36. The number of benzene rings is 7. The van der Waals surface area contributed by atoms with Crippen molar-refractivity contribution in [3.8, 4) is 45.3 Å². The fraction of sp³-hybridized carbons (Fsp3) is 0.233. The SMILES string of the molecule is CCCCCCCc1ccc(-c2ccc(C(=O)Oc3ccc(C(=O)Oc4cc(Cl)cc(OC(=O)c5ccc(OC(=O)c6ccc(-c7ccc(CCCCCCC)cc7)cc6)cc5F)c4)c(F)c3)cc2)cc1. The molecule has 0 aromatic heterocycles. The Balaban J connectivity index is 0.891. The van der Waals surface area contributed by atoms with Crippen molar-refractivity contribution in [1.82, 2.24) is 0 Å². The number of carbonyl (C=O) groups is 4. The van der Waals surface area contributed by atoms with Gasteiger partial charge in [-0.25, -0.2) is 28.0 Å². The van der Waals surface area contributed by atoms with E-state index in [9.17, 15) is 19.2 Å². The van der Waals surface area contributed by atoms with E-state index in [-0.39, 0.29) is 39.1 Å². The highest BCUT2D eigenvalue weighted by atomic mass is 35.5. The van der Waals surface area contributed by atoms with Crippen LogP contribution in [0.15, 0.2) is 152 Å². The lowest BCUT2D eigenvalue weighted by Gasteiger charge is -2.11. The number of aryl methyl sites for hydroxylation is 2. The molecule has 8 nitrogen and oxygen atoms in total. The molecule has 0 N–H and O–H groups in total. The molecule has 0 aliphatic rings. The zero-order valence-electron chi connectivity index (χ0n) is 39.8. The Kier molecular flexibility index (Phi) is 18.4. The minimum Gasteiger partial charge on any atom is -0.423 e. The van der Waals surface area contributed by atoms with Gasteiger partial charge in [-0.05, 0) is 120 Å². The molecule has 11 heteroatoms. The Morgan fingerprint density at radius 2 is 0.718 bits per heavy atom. The number of carbonyl (C=O) groups excluding carboxylic acids is 4. The van der Waals surface area contributed by atoms with Gasteiger partial charge >= 0.3 is 23.9 Å². The first kappa shape index (κ1) is 51.4. The van der Waals surface area contributed by atoms with Crippen LogP contribution in [-0.4, -0.2) is 23.9 Å². The highest BCUT2D eigenvalue weighted by Crippen LogP contribution is 2.30. The summed E-state index contributed by atoms with van der Waals surface area (Å²) >= 11 is 6.23. The number of hydrogen-bond donors (Lipinski definition) is 0. The van der Waals surface area contributed by atoms with Gasteiger partial charge in [-0.15, -0.1) is 0 Å². The molecule has 0 atom stereocenters. The quantitative estimate of drug-likeness (QED) is 0.0376. The van der Waals surface area contributed by atoms with Crippen molar-refractivity contribution in [1.29, 1.82) is 0 Å². The van der Waals surface area contributed by atoms with Gasteiger partial charge in [0.1, 0.15) is 34.6 Å². The number of rotatable bonds is 22. The minimum absolute atomic E-state index is 0.0209. The van der Waals surface area contributed by atoms with Gasteiger partial charge in [0, 0.05) is 23.2 Å². The Labute approximate surface area is 418 Å². The second-order valence-electron chi connectivity index (χ2n) is 17.3. The molecule has 0 saturated heterocycles. The number of ether oxygens (including phenoxy) is 4. The standard InChI is InChI=1S/C60H55ClF2O8/c1-3-5-7-9-11-13-40-15-19-42(20-16-40)44-23-27-46(28-24-44)57(64)68-49-31-33-53(55(62)38-49)59(66)70-51-35-48(61)36-52(37-51)71-60(67)54-34-32-50(39-56(54)63)69-58(65)47-29-25-45(26-30-47)43-21-17-41(18-22-43)14-12-10-8-6-4-2/h15-39H,3-14H2,1-2H3. The molecule has 0 radical (unpaired) electrons. The second kappa shape index (κ2) is 25.4. The van der Waals surface area contributed by atoms with Crippen molar-refractivity contribution >= 4 is 35.5 Å². The maximum atomic E-state index is 15.3. The predicted molar refractivity (Wildman–Crippen MR) is 273 cm³/mol. The van der Waals surface area contributed by atoms with Crippen molar-refractivity contribution in [2.24, 2.45) is 0 Å². The summed E-state index contributed by atoms with van der Waals surface area (Å²) in [6.45, 7) is 4.41. The van der Waals surface area contributed by atoms with Gasteiger partial charge in [-0.3, -0.25) is 0 Å². The maximum absolute atomic E-state index is 15.3. The minimum atomic E-state index is -1.13. The van der Waals surface area contributed by atoms with Gasteiger partial charge in [0.25, 0.3) is 0 Å². The van der Waals surface area contributed by atoms with E-state index in [1.807, 2.05) is 24.3 Å². The molecule has 7 rings (SSSR count). The summed E-state index contributed by atoms with van der Waals surface area (Å²) in [7, 11) is 0. The van der Waals surface area contributed by atoms with Crippen molar-refractivity contribution < 1.29 is 46.9 Å². The van der Waals surface area contributed by atoms with Crippen LogP contribution < -0.4 is 18.9 Å². The topological polar surface area (TPSA) is 105 Å². The summed E-state index contributed by atoms with van der Waals surface area (Å²) in [6.07, 6.45) is 14.4. The third-order valence-corrected chi connectivity index (χ3v) is 12.2. The Hall–Kier alpha value is -7.43. The molecule has 7 aromatic rings. The predicted octanol–water partition coefficient (Wildman–Crippen LogP) is 15.9. The number of esters is 4. The van der Waals surface area contributed by atoms with Crippen molar-refractivity contribution in [3.63, 3.8) is 0 Å². The van der Waals surface area contributed by atoms with Crippen molar-refractivity contribution in [3.05, 3.63) is 202 Å². The van der Waals surface area contributed by atoms with E-state index in [0.29, 0.717) is 0 Å². The molecule has 0 heterocycles. The normalized spacial score (nSPS) is 10.9. The first-order valence-corrected chi connectivity index (χ1v) is 24.5. The van der Waals surface area contributed by atoms with Crippen LogP contribution in [0.5, 0.6) is 23.0 Å². The molecular formula is C60H55ClF2O8. The molecular weight excluding hydrogens is 922 g/mol. The molecule has 0 aliphatic heterocycles. The van der Waals surface area contributed by atoms with Gasteiger partial charge in [0.2, 0.25) is 0 Å². The van der Waals surface area contributed by atoms with Crippen LogP contribution in [0.1, 0.15) is 131 Å². The molecule has 0 spiro atoms. The lowest BCUT2D eigenvalue weighted by Crippen LogP contribution is -2.13. The van der Waals surface area contributed by atoms with Crippen LogP contribution in [0.3, 0.4) is 0 Å². The molecule has 71 heavy (non-hydrogen) atoms. The zero-order chi connectivity index (χ0) is 50.1. The maximum Gasteiger partial charge on any atom is 0.346 e. The van der Waals surface area contributed by atoms with Crippen LogP contribution in [0.2, 0.25) is 5.02 Å². The molecule has 0 unspecified atom stereocenters. The average molecular weight is 978 g/mol. The smallest absolute Gasteiger partial charge is 0.346 e. The number of halogens is 3. The molecule has 0 fully saturated rings. The molecule has 364 valence electrons. The van der Waals surface area contributed by atoms with Crippen LogP contribution in [0.4, 0.5) is 8.78 Å². The van der Waals surface area contributed by atoms with Gasteiger partial charge < -0.3 is 18.9 Å². The summed E-state index contributed by atoms with van der Waals surface area (Å²) in [4.78, 5) is 52.1. The monoisotopic (exact) mass is 976 g/mol. The summed E-state index contributed by atoms with van der Waals surface area (Å²) < 4.78 is 52.0. The highest BCUT2D eigenvalue weighted by molar-refractivity contribution is 6.31. The summed E-state index contributed by atoms with van der Waals surface area (Å²) in [6, 6.07) is 40.5. The van der Waals surface area contributed by atoms with Crippen LogP contribution in [0, 0.1) is 11.6 Å². The van der Waals surface area contributed by atoms with E-state index in [1.165, 1.54) is 86.8 Å². The Morgan fingerprint density at radius 3 is 1.07 bits per heavy atom. The zero-order valence-corrected chi connectivity index (χ0v) is 40.6. The van der Waals surface area contributed by atoms with Crippen LogP contribution in [0.25, 0.3) is 22.3 Å². The number of hydrogen-bond acceptors (Lipinski definition) is 8. The first-order valence-electron chi connectivity index (χ1n) is 24.1. The largest absolute Gasteiger partial charge is 0.423 e. The van der Waals surface area contributed by atoms with Crippen LogP contribution in [-0.2, 0) is 12.8 Å².